The smallest absolute Gasteiger partial charge is 0.0641 e. The van der Waals surface area contributed by atoms with Crippen LogP contribution >= 0.6 is 0 Å². The molecule has 1 aromatic rings. The molecule has 2 atom stereocenters. The zero-order valence-electron chi connectivity index (χ0n) is 14.0. The lowest BCUT2D eigenvalue weighted by atomic mass is 9.80. The molecule has 2 unspecified atom stereocenters. The van der Waals surface area contributed by atoms with Crippen molar-refractivity contribution in [2.24, 2.45) is 22.7 Å². The largest absolute Gasteiger partial charge is 0.286 e. The van der Waals surface area contributed by atoms with Gasteiger partial charge in [-0.15, -0.1) is 0 Å². The van der Waals surface area contributed by atoms with Crippen LogP contribution in [0.25, 0.3) is 6.08 Å². The van der Waals surface area contributed by atoms with Crippen LogP contribution in [0.2, 0.25) is 0 Å². The van der Waals surface area contributed by atoms with E-state index in [9.17, 15) is 0 Å². The van der Waals surface area contributed by atoms with Gasteiger partial charge in [0.15, 0.2) is 0 Å². The molecule has 4 bridgehead atoms. The number of allylic oxidation sites excluding steroid dienone is 3. The molecule has 5 aliphatic carbocycles. The Bertz CT molecular complexity index is 722. The maximum absolute atomic E-state index is 5.26. The molecule has 118 valence electrons. The fourth-order valence-electron chi connectivity index (χ4n) is 5.95. The first kappa shape index (κ1) is 13.8. The van der Waals surface area contributed by atoms with Gasteiger partial charge < -0.3 is 0 Å². The van der Waals surface area contributed by atoms with Gasteiger partial charge in [0.1, 0.15) is 0 Å². The zero-order chi connectivity index (χ0) is 15.4. The number of fused-ring (bicyclic) bond motifs is 1. The second-order valence-electron chi connectivity index (χ2n) is 8.20. The summed E-state index contributed by atoms with van der Waals surface area (Å²) in [6.45, 7) is 2.16. The van der Waals surface area contributed by atoms with E-state index in [1.807, 2.05) is 0 Å². The Morgan fingerprint density at radius 3 is 2.65 bits per heavy atom. The topological polar surface area (TPSA) is 12.4 Å². The van der Waals surface area contributed by atoms with Gasteiger partial charge in [-0.25, -0.2) is 0 Å². The van der Waals surface area contributed by atoms with Crippen molar-refractivity contribution in [3.05, 3.63) is 52.6 Å². The van der Waals surface area contributed by atoms with Crippen LogP contribution in [0.1, 0.15) is 50.2 Å². The molecule has 1 aromatic carbocycles. The van der Waals surface area contributed by atoms with Crippen LogP contribution in [-0.2, 0) is 6.42 Å². The fourth-order valence-corrected chi connectivity index (χ4v) is 5.95. The lowest BCUT2D eigenvalue weighted by Gasteiger charge is -2.29. The highest BCUT2D eigenvalue weighted by molar-refractivity contribution is 5.93. The van der Waals surface area contributed by atoms with Gasteiger partial charge in [0.2, 0.25) is 0 Å². The quantitative estimate of drug-likeness (QED) is 0.664. The molecule has 0 radical (unpaired) electrons. The number of nitrogens with zero attached hydrogens (tertiary/aromatic N) is 1. The molecule has 0 aromatic heterocycles. The standard InChI is InChI=1S/C22H25N/c1-2-17-10-18-5-3-4-6-19(18)11-20(17)14-23-22-12-15-7-16(13-22)9-21(22)8-15/h2-6,11,14-16,21H,7-10,12-13H2,1H3/b17-2-,23-14+. The third-order valence-corrected chi connectivity index (χ3v) is 6.87. The average molecular weight is 303 g/mol. The van der Waals surface area contributed by atoms with Gasteiger partial charge in [0.05, 0.1) is 5.54 Å². The second-order valence-corrected chi connectivity index (χ2v) is 8.20. The molecule has 0 aliphatic heterocycles. The minimum atomic E-state index is 0.310. The van der Waals surface area contributed by atoms with Crippen molar-refractivity contribution in [1.29, 1.82) is 0 Å². The predicted octanol–water partition coefficient (Wildman–Crippen LogP) is 5.22. The molecule has 0 heterocycles. The molecular weight excluding hydrogens is 278 g/mol. The van der Waals surface area contributed by atoms with Crippen LogP contribution in [-0.4, -0.2) is 11.8 Å². The van der Waals surface area contributed by atoms with Gasteiger partial charge in [-0.3, -0.25) is 4.99 Å². The van der Waals surface area contributed by atoms with E-state index >= 15 is 0 Å². The lowest BCUT2D eigenvalue weighted by molar-refractivity contribution is 0.269. The summed E-state index contributed by atoms with van der Waals surface area (Å²) in [7, 11) is 0. The highest BCUT2D eigenvalue weighted by Gasteiger charge is 2.57. The predicted molar refractivity (Wildman–Crippen MR) is 96.7 cm³/mol. The van der Waals surface area contributed by atoms with Gasteiger partial charge in [0, 0.05) is 6.21 Å². The Kier molecular flexibility index (Phi) is 2.95. The van der Waals surface area contributed by atoms with Crippen molar-refractivity contribution in [3.8, 4) is 0 Å². The van der Waals surface area contributed by atoms with Crippen LogP contribution in [0.15, 0.2) is 46.5 Å². The summed E-state index contributed by atoms with van der Waals surface area (Å²) >= 11 is 0. The van der Waals surface area contributed by atoms with Crippen molar-refractivity contribution in [2.75, 3.05) is 0 Å². The van der Waals surface area contributed by atoms with E-state index in [4.69, 9.17) is 4.99 Å². The van der Waals surface area contributed by atoms with Crippen LogP contribution in [0, 0.1) is 17.8 Å². The van der Waals surface area contributed by atoms with Crippen molar-refractivity contribution in [1.82, 2.24) is 0 Å². The zero-order valence-corrected chi connectivity index (χ0v) is 14.0. The minimum absolute atomic E-state index is 0.310. The number of hydrogen-bond acceptors (Lipinski definition) is 1. The Morgan fingerprint density at radius 1 is 1.09 bits per heavy atom. The van der Waals surface area contributed by atoms with Crippen molar-refractivity contribution < 1.29 is 0 Å². The summed E-state index contributed by atoms with van der Waals surface area (Å²) < 4.78 is 0. The number of benzene rings is 1. The van der Waals surface area contributed by atoms with Gasteiger partial charge in [-0.05, 0) is 91.6 Å². The summed E-state index contributed by atoms with van der Waals surface area (Å²) in [5.74, 6) is 2.84. The van der Waals surface area contributed by atoms with Crippen molar-refractivity contribution in [2.45, 2.75) is 51.0 Å². The lowest BCUT2D eigenvalue weighted by Crippen LogP contribution is -2.28. The Labute approximate surface area is 139 Å². The number of rotatable bonds is 2. The first-order valence-electron chi connectivity index (χ1n) is 9.26. The molecule has 4 fully saturated rings. The first-order chi connectivity index (χ1) is 11.3. The highest BCUT2D eigenvalue weighted by Crippen LogP contribution is 2.62. The van der Waals surface area contributed by atoms with Crippen LogP contribution < -0.4 is 0 Å². The molecule has 1 nitrogen and oxygen atoms in total. The molecule has 0 amide bonds. The maximum Gasteiger partial charge on any atom is 0.0641 e. The van der Waals surface area contributed by atoms with E-state index < -0.39 is 0 Å². The van der Waals surface area contributed by atoms with E-state index in [1.165, 1.54) is 54.4 Å². The van der Waals surface area contributed by atoms with Gasteiger partial charge >= 0.3 is 0 Å². The molecule has 0 spiro atoms. The molecule has 5 aliphatic rings. The van der Waals surface area contributed by atoms with Crippen LogP contribution in [0.3, 0.4) is 0 Å². The molecule has 0 saturated heterocycles. The van der Waals surface area contributed by atoms with E-state index in [0.717, 1.165) is 24.2 Å². The van der Waals surface area contributed by atoms with E-state index in [0.29, 0.717) is 5.54 Å². The second kappa shape index (κ2) is 4.93. The van der Waals surface area contributed by atoms with E-state index in [1.54, 1.807) is 0 Å². The summed E-state index contributed by atoms with van der Waals surface area (Å²) in [5, 5.41) is 0. The maximum atomic E-state index is 5.26. The molecule has 23 heavy (non-hydrogen) atoms. The third kappa shape index (κ3) is 2.09. The van der Waals surface area contributed by atoms with Crippen molar-refractivity contribution >= 4 is 12.3 Å². The summed E-state index contributed by atoms with van der Waals surface area (Å²) in [4.78, 5) is 5.26. The average Bonchev–Trinajstić information content (AvgIpc) is 2.96. The molecular formula is C22H25N. The summed E-state index contributed by atoms with van der Waals surface area (Å²) in [6, 6.07) is 8.77. The third-order valence-electron chi connectivity index (χ3n) is 6.87. The molecule has 6 rings (SSSR count). The Balaban J connectivity index is 1.49. The number of hydrogen-bond donors (Lipinski definition) is 0. The Hall–Kier alpha value is -1.63. The molecule has 1 heteroatoms. The van der Waals surface area contributed by atoms with Gasteiger partial charge in [0.25, 0.3) is 0 Å². The van der Waals surface area contributed by atoms with E-state index in [2.05, 4.69) is 49.6 Å². The SMILES string of the molecule is C/C=C1/Cc2ccccc2C=C1/C=N/C12CC3CC(CC1C3)C2. The van der Waals surface area contributed by atoms with Crippen LogP contribution in [0.4, 0.5) is 0 Å². The first-order valence-corrected chi connectivity index (χ1v) is 9.26. The summed E-state index contributed by atoms with van der Waals surface area (Å²) in [6.07, 6.45) is 15.0. The minimum Gasteiger partial charge on any atom is -0.286 e. The summed E-state index contributed by atoms with van der Waals surface area (Å²) in [5.41, 5.74) is 5.89. The van der Waals surface area contributed by atoms with E-state index in [-0.39, 0.29) is 0 Å². The highest BCUT2D eigenvalue weighted by atomic mass is 14.9. The van der Waals surface area contributed by atoms with Gasteiger partial charge in [-0.1, -0.05) is 30.3 Å². The monoisotopic (exact) mass is 303 g/mol. The van der Waals surface area contributed by atoms with Crippen LogP contribution in [0.5, 0.6) is 0 Å². The van der Waals surface area contributed by atoms with Gasteiger partial charge in [-0.2, -0.15) is 0 Å². The number of aliphatic imine (C=N–C) groups is 1. The molecule has 4 saturated carbocycles. The Morgan fingerprint density at radius 2 is 1.87 bits per heavy atom. The normalized spacial score (nSPS) is 39.3. The van der Waals surface area contributed by atoms with Crippen molar-refractivity contribution in [3.63, 3.8) is 0 Å². The molecule has 0 N–H and O–H groups in total. The fraction of sp³-hybridized carbons (Fsp3) is 0.500.